The molecule has 1 aliphatic carbocycles. The molecule has 3 aromatic carbocycles. The molecule has 1 fully saturated rings. The van der Waals surface area contributed by atoms with Gasteiger partial charge in [-0.2, -0.15) is 0 Å². The van der Waals surface area contributed by atoms with Crippen molar-refractivity contribution in [3.63, 3.8) is 0 Å². The number of nitrogens with one attached hydrogen (secondary N) is 1. The maximum absolute atomic E-state index is 14.3. The predicted molar refractivity (Wildman–Crippen MR) is 149 cm³/mol. The summed E-state index contributed by atoms with van der Waals surface area (Å²) in [5.41, 5.74) is 3.50. The van der Waals surface area contributed by atoms with Crippen LogP contribution in [0.5, 0.6) is 11.5 Å². The van der Waals surface area contributed by atoms with Crippen LogP contribution in [0.25, 0.3) is 11.0 Å². The van der Waals surface area contributed by atoms with Crippen molar-refractivity contribution in [1.82, 2.24) is 20.3 Å². The normalized spacial score (nSPS) is 14.2. The summed E-state index contributed by atoms with van der Waals surface area (Å²) in [7, 11) is 3.12. The van der Waals surface area contributed by atoms with Gasteiger partial charge in [-0.25, -0.2) is 4.68 Å². The van der Waals surface area contributed by atoms with Crippen LogP contribution in [0.4, 0.5) is 5.69 Å². The van der Waals surface area contributed by atoms with Gasteiger partial charge < -0.3 is 14.8 Å². The number of aromatic nitrogens is 3. The lowest BCUT2D eigenvalue weighted by atomic mass is 9.99. The van der Waals surface area contributed by atoms with Gasteiger partial charge in [0, 0.05) is 23.4 Å². The molecule has 4 aromatic rings. The number of rotatable bonds is 9. The maximum Gasteiger partial charge on any atom is 0.249 e. The van der Waals surface area contributed by atoms with Crippen LogP contribution in [-0.2, 0) is 16.1 Å². The van der Waals surface area contributed by atoms with Gasteiger partial charge in [0.2, 0.25) is 11.8 Å². The number of fused-ring (bicyclic) bond motifs is 1. The highest BCUT2D eigenvalue weighted by Crippen LogP contribution is 2.37. The number of methoxy groups -OCH3 is 2. The number of aryl methyl sites for hydroxylation is 1. The van der Waals surface area contributed by atoms with Crippen LogP contribution in [-0.4, -0.2) is 47.1 Å². The second-order valence-corrected chi connectivity index (χ2v) is 9.79. The minimum Gasteiger partial charge on any atom is -0.497 e. The van der Waals surface area contributed by atoms with E-state index in [-0.39, 0.29) is 24.4 Å². The molecule has 2 amide bonds. The van der Waals surface area contributed by atoms with Crippen molar-refractivity contribution in [1.29, 1.82) is 0 Å². The van der Waals surface area contributed by atoms with Crippen molar-refractivity contribution >= 4 is 28.5 Å². The Bertz CT molecular complexity index is 1480. The van der Waals surface area contributed by atoms with Crippen molar-refractivity contribution in [2.45, 2.75) is 51.2 Å². The molecule has 1 unspecified atom stereocenters. The van der Waals surface area contributed by atoms with E-state index in [1.807, 2.05) is 55.5 Å². The Labute approximate surface area is 227 Å². The zero-order chi connectivity index (χ0) is 27.4. The van der Waals surface area contributed by atoms with Gasteiger partial charge in [0.05, 0.1) is 19.7 Å². The van der Waals surface area contributed by atoms with E-state index in [9.17, 15) is 9.59 Å². The van der Waals surface area contributed by atoms with Crippen molar-refractivity contribution in [2.24, 2.45) is 0 Å². The number of carbonyl (C=O) groups excluding carboxylic acids is 2. The van der Waals surface area contributed by atoms with E-state index < -0.39 is 6.04 Å². The Morgan fingerprint density at radius 2 is 1.77 bits per heavy atom. The topological polar surface area (TPSA) is 98.6 Å². The molecular weight excluding hydrogens is 494 g/mol. The van der Waals surface area contributed by atoms with Crippen LogP contribution in [0.15, 0.2) is 66.7 Å². The molecule has 0 bridgehead atoms. The van der Waals surface area contributed by atoms with Gasteiger partial charge in [0.15, 0.2) is 0 Å². The van der Waals surface area contributed by atoms with E-state index in [0.717, 1.165) is 36.8 Å². The summed E-state index contributed by atoms with van der Waals surface area (Å²) in [6.45, 7) is 1.83. The molecule has 1 aliphatic rings. The lowest BCUT2D eigenvalue weighted by Crippen LogP contribution is -2.47. The standard InChI is InChI=1S/C30H33N5O4/c1-20-10-4-8-14-25(20)35(28(36)19-34-26-15-9-7-13-24(26)32-33-34)29(30(37)31-21-11-5-6-12-21)23-17-16-22(38-2)18-27(23)39-3/h4,7-10,13-18,21,29H,5-6,11-12,19H2,1-3H3,(H,31,37). The first-order chi connectivity index (χ1) is 19.0. The molecule has 9 nitrogen and oxygen atoms in total. The van der Waals surface area contributed by atoms with E-state index in [0.29, 0.717) is 28.3 Å². The molecule has 9 heteroatoms. The number of hydrogen-bond donors (Lipinski definition) is 1. The van der Waals surface area contributed by atoms with E-state index in [1.54, 1.807) is 42.0 Å². The lowest BCUT2D eigenvalue weighted by Gasteiger charge is -2.34. The Hall–Kier alpha value is -4.40. The summed E-state index contributed by atoms with van der Waals surface area (Å²) in [5, 5.41) is 11.6. The molecule has 1 atom stereocenters. The minimum absolute atomic E-state index is 0.0670. The zero-order valence-electron chi connectivity index (χ0n) is 22.5. The number of hydrogen-bond acceptors (Lipinski definition) is 6. The second kappa shape index (κ2) is 11.6. The molecule has 1 saturated carbocycles. The zero-order valence-corrected chi connectivity index (χ0v) is 22.5. The van der Waals surface area contributed by atoms with Crippen LogP contribution in [0, 0.1) is 6.92 Å². The lowest BCUT2D eigenvalue weighted by molar-refractivity contribution is -0.127. The van der Waals surface area contributed by atoms with Crippen molar-refractivity contribution in [3.8, 4) is 11.5 Å². The van der Waals surface area contributed by atoms with Crippen molar-refractivity contribution in [3.05, 3.63) is 77.9 Å². The summed E-state index contributed by atoms with van der Waals surface area (Å²) in [4.78, 5) is 30.0. The molecule has 0 spiro atoms. The summed E-state index contributed by atoms with van der Waals surface area (Å²) >= 11 is 0. The summed E-state index contributed by atoms with van der Waals surface area (Å²) in [5.74, 6) is 0.488. The molecule has 1 heterocycles. The van der Waals surface area contributed by atoms with Gasteiger partial charge in [0.25, 0.3) is 0 Å². The molecule has 39 heavy (non-hydrogen) atoms. The molecule has 0 aliphatic heterocycles. The first kappa shape index (κ1) is 26.2. The first-order valence-corrected chi connectivity index (χ1v) is 13.2. The fraction of sp³-hybridized carbons (Fsp3) is 0.333. The van der Waals surface area contributed by atoms with Gasteiger partial charge in [0.1, 0.15) is 29.6 Å². The molecule has 1 aromatic heterocycles. The summed E-state index contributed by atoms with van der Waals surface area (Å²) in [6.07, 6.45) is 3.98. The Kier molecular flexibility index (Phi) is 7.76. The highest BCUT2D eigenvalue weighted by atomic mass is 16.5. The average Bonchev–Trinajstić information content (AvgIpc) is 3.62. The van der Waals surface area contributed by atoms with Crippen LogP contribution >= 0.6 is 0 Å². The quantitative estimate of drug-likeness (QED) is 0.342. The van der Waals surface area contributed by atoms with Crippen LogP contribution < -0.4 is 19.7 Å². The van der Waals surface area contributed by atoms with E-state index in [1.165, 1.54) is 0 Å². The Balaban J connectivity index is 1.63. The van der Waals surface area contributed by atoms with Gasteiger partial charge in [-0.3, -0.25) is 14.5 Å². The monoisotopic (exact) mass is 527 g/mol. The Morgan fingerprint density at radius 3 is 2.51 bits per heavy atom. The highest BCUT2D eigenvalue weighted by Gasteiger charge is 2.37. The molecular formula is C30H33N5O4. The SMILES string of the molecule is COc1ccc(C(C(=O)NC2CCCC2)N(C(=O)Cn2nnc3ccccc32)c2ccccc2C)c(OC)c1. The van der Waals surface area contributed by atoms with Crippen LogP contribution in [0.2, 0.25) is 0 Å². The van der Waals surface area contributed by atoms with Crippen molar-refractivity contribution < 1.29 is 19.1 Å². The molecule has 0 saturated heterocycles. The van der Waals surface area contributed by atoms with E-state index in [4.69, 9.17) is 9.47 Å². The number of anilines is 1. The maximum atomic E-state index is 14.3. The van der Waals surface area contributed by atoms with Gasteiger partial charge in [-0.05, 0) is 55.7 Å². The largest absolute Gasteiger partial charge is 0.497 e. The summed E-state index contributed by atoms with van der Waals surface area (Å²) < 4.78 is 12.7. The highest BCUT2D eigenvalue weighted by molar-refractivity contribution is 6.02. The number of ether oxygens (including phenoxy) is 2. The number of nitrogens with zero attached hydrogens (tertiary/aromatic N) is 4. The van der Waals surface area contributed by atoms with E-state index in [2.05, 4.69) is 15.6 Å². The van der Waals surface area contributed by atoms with Gasteiger partial charge in [-0.15, -0.1) is 5.10 Å². The smallest absolute Gasteiger partial charge is 0.249 e. The Morgan fingerprint density at radius 1 is 1.03 bits per heavy atom. The molecule has 202 valence electrons. The van der Waals surface area contributed by atoms with E-state index >= 15 is 0 Å². The van der Waals surface area contributed by atoms with Crippen molar-refractivity contribution in [2.75, 3.05) is 19.1 Å². The van der Waals surface area contributed by atoms with Gasteiger partial charge >= 0.3 is 0 Å². The molecule has 5 rings (SSSR count). The second-order valence-electron chi connectivity index (χ2n) is 9.79. The third kappa shape index (κ3) is 5.43. The predicted octanol–water partition coefficient (Wildman–Crippen LogP) is 4.59. The number of benzene rings is 3. The fourth-order valence-corrected chi connectivity index (χ4v) is 5.28. The van der Waals surface area contributed by atoms with Crippen LogP contribution in [0.1, 0.15) is 42.9 Å². The number of amides is 2. The van der Waals surface area contributed by atoms with Gasteiger partial charge in [-0.1, -0.05) is 48.4 Å². The minimum atomic E-state index is -0.991. The fourth-order valence-electron chi connectivity index (χ4n) is 5.28. The third-order valence-electron chi connectivity index (χ3n) is 7.29. The average molecular weight is 528 g/mol. The third-order valence-corrected chi connectivity index (χ3v) is 7.29. The van der Waals surface area contributed by atoms with Crippen LogP contribution in [0.3, 0.4) is 0 Å². The summed E-state index contributed by atoms with van der Waals surface area (Å²) in [6, 6.07) is 19.4. The number of para-hydroxylation sites is 2. The first-order valence-electron chi connectivity index (χ1n) is 13.2. The molecule has 1 N–H and O–H groups in total. The molecule has 0 radical (unpaired) electrons. The number of carbonyl (C=O) groups is 2.